The van der Waals surface area contributed by atoms with Crippen molar-refractivity contribution in [3.05, 3.63) is 101 Å². The lowest BCUT2D eigenvalue weighted by Crippen LogP contribution is -2.41. The molecule has 28 heavy (non-hydrogen) atoms. The number of aliphatic imine (C=N–C) groups is 1. The summed E-state index contributed by atoms with van der Waals surface area (Å²) in [5.74, 6) is 1.06. The monoisotopic (exact) mass is 368 g/mol. The second kappa shape index (κ2) is 7.81. The Bertz CT molecular complexity index is 1010. The van der Waals surface area contributed by atoms with Crippen molar-refractivity contribution >= 4 is 17.3 Å². The zero-order valence-corrected chi connectivity index (χ0v) is 16.3. The summed E-state index contributed by atoms with van der Waals surface area (Å²) in [5.41, 5.74) is 5.51. The van der Waals surface area contributed by atoms with Crippen molar-refractivity contribution in [3.8, 4) is 0 Å². The van der Waals surface area contributed by atoms with Crippen molar-refractivity contribution in [1.82, 2.24) is 4.90 Å². The van der Waals surface area contributed by atoms with Crippen molar-refractivity contribution in [2.75, 3.05) is 6.54 Å². The number of benzene rings is 3. The Morgan fingerprint density at radius 3 is 2.32 bits per heavy atom. The van der Waals surface area contributed by atoms with Gasteiger partial charge in [0, 0.05) is 17.5 Å². The molecule has 1 aliphatic rings. The van der Waals surface area contributed by atoms with Crippen LogP contribution in [0.25, 0.3) is 0 Å². The van der Waals surface area contributed by atoms with Crippen LogP contribution in [0, 0.1) is 6.92 Å². The second-order valence-electron chi connectivity index (χ2n) is 7.20. The molecule has 1 unspecified atom stereocenters. The molecule has 1 atom stereocenters. The minimum atomic E-state index is -0.0423. The van der Waals surface area contributed by atoms with E-state index in [9.17, 15) is 4.79 Å². The fraction of sp³-hybridized carbons (Fsp3) is 0.200. The SMILES string of the molecule is CCC(=O)CN1C(c2ccccc2)=Nc2ccc(C)cc2C1c1ccccc1. The maximum atomic E-state index is 12.5. The van der Waals surface area contributed by atoms with Crippen LogP contribution in [0.5, 0.6) is 0 Å². The van der Waals surface area contributed by atoms with Gasteiger partial charge in [0.2, 0.25) is 0 Å². The van der Waals surface area contributed by atoms with E-state index in [0.717, 1.165) is 22.6 Å². The largest absolute Gasteiger partial charge is 0.338 e. The van der Waals surface area contributed by atoms with E-state index in [1.807, 2.05) is 31.2 Å². The highest BCUT2D eigenvalue weighted by molar-refractivity contribution is 6.03. The number of carbonyl (C=O) groups is 1. The Hall–Kier alpha value is -3.20. The molecule has 0 bridgehead atoms. The van der Waals surface area contributed by atoms with Crippen molar-refractivity contribution in [1.29, 1.82) is 0 Å². The minimum absolute atomic E-state index is 0.0423. The molecule has 3 aromatic rings. The summed E-state index contributed by atoms with van der Waals surface area (Å²) < 4.78 is 0. The second-order valence-corrected chi connectivity index (χ2v) is 7.20. The maximum Gasteiger partial charge on any atom is 0.151 e. The number of hydrogen-bond acceptors (Lipinski definition) is 3. The Kier molecular flexibility index (Phi) is 5.07. The smallest absolute Gasteiger partial charge is 0.151 e. The van der Waals surface area contributed by atoms with Crippen molar-refractivity contribution in [2.24, 2.45) is 4.99 Å². The maximum absolute atomic E-state index is 12.5. The van der Waals surface area contributed by atoms with E-state index >= 15 is 0 Å². The molecule has 0 N–H and O–H groups in total. The molecule has 3 aromatic carbocycles. The number of rotatable bonds is 5. The van der Waals surface area contributed by atoms with Crippen molar-refractivity contribution in [3.63, 3.8) is 0 Å². The molecule has 0 saturated carbocycles. The molecule has 3 nitrogen and oxygen atoms in total. The number of ketones is 1. The van der Waals surface area contributed by atoms with E-state index in [-0.39, 0.29) is 11.8 Å². The number of aryl methyl sites for hydroxylation is 1. The summed E-state index contributed by atoms with van der Waals surface area (Å²) in [7, 11) is 0. The van der Waals surface area contributed by atoms with E-state index in [4.69, 9.17) is 4.99 Å². The number of amidine groups is 1. The normalized spacial score (nSPS) is 15.7. The first-order chi connectivity index (χ1) is 13.7. The third-order valence-corrected chi connectivity index (χ3v) is 5.18. The van der Waals surface area contributed by atoms with Gasteiger partial charge in [0.05, 0.1) is 18.3 Å². The van der Waals surface area contributed by atoms with Gasteiger partial charge in [-0.15, -0.1) is 0 Å². The summed E-state index contributed by atoms with van der Waals surface area (Å²) in [6, 6.07) is 26.9. The molecule has 0 amide bonds. The number of hydrogen-bond donors (Lipinski definition) is 0. The number of fused-ring (bicyclic) bond motifs is 1. The third kappa shape index (κ3) is 3.48. The highest BCUT2D eigenvalue weighted by Crippen LogP contribution is 2.40. The first-order valence-electron chi connectivity index (χ1n) is 9.75. The Labute approximate surface area is 166 Å². The standard InChI is InChI=1S/C25H24N2O/c1-3-21(28)17-27-24(19-10-6-4-7-11-19)22-16-18(2)14-15-23(22)26-25(27)20-12-8-5-9-13-20/h4-16,24H,3,17H2,1-2H3. The molecule has 0 spiro atoms. The predicted octanol–water partition coefficient (Wildman–Crippen LogP) is 5.46. The highest BCUT2D eigenvalue weighted by atomic mass is 16.1. The summed E-state index contributed by atoms with van der Waals surface area (Å²) in [6.07, 6.45) is 0.515. The van der Waals surface area contributed by atoms with Gasteiger partial charge in [-0.2, -0.15) is 0 Å². The molecule has 0 fully saturated rings. The van der Waals surface area contributed by atoms with Gasteiger partial charge in [0.1, 0.15) is 5.84 Å². The quantitative estimate of drug-likeness (QED) is 0.599. The molecule has 3 heteroatoms. The van der Waals surface area contributed by atoms with Gasteiger partial charge >= 0.3 is 0 Å². The molecule has 0 aromatic heterocycles. The van der Waals surface area contributed by atoms with Gasteiger partial charge in [-0.25, -0.2) is 4.99 Å². The molecule has 4 rings (SSSR count). The number of nitrogens with zero attached hydrogens (tertiary/aromatic N) is 2. The van der Waals surface area contributed by atoms with Crippen LogP contribution in [0.1, 0.15) is 41.6 Å². The predicted molar refractivity (Wildman–Crippen MR) is 114 cm³/mol. The van der Waals surface area contributed by atoms with Crippen LogP contribution in [0.4, 0.5) is 5.69 Å². The first kappa shape index (κ1) is 18.2. The zero-order valence-electron chi connectivity index (χ0n) is 16.3. The summed E-state index contributed by atoms with van der Waals surface area (Å²) >= 11 is 0. The molecule has 0 aliphatic carbocycles. The van der Waals surface area contributed by atoms with E-state index in [1.54, 1.807) is 0 Å². The fourth-order valence-electron chi connectivity index (χ4n) is 3.74. The molecule has 1 heterocycles. The molecule has 1 aliphatic heterocycles. The molecular weight excluding hydrogens is 344 g/mol. The van der Waals surface area contributed by atoms with Gasteiger partial charge in [-0.05, 0) is 18.6 Å². The van der Waals surface area contributed by atoms with Crippen molar-refractivity contribution < 1.29 is 4.79 Å². The van der Waals surface area contributed by atoms with Gasteiger partial charge in [0.15, 0.2) is 5.78 Å². The van der Waals surface area contributed by atoms with E-state index in [1.165, 1.54) is 11.1 Å². The van der Waals surface area contributed by atoms with Crippen LogP contribution >= 0.6 is 0 Å². The van der Waals surface area contributed by atoms with Crippen molar-refractivity contribution in [2.45, 2.75) is 26.3 Å². The van der Waals surface area contributed by atoms with Crippen LogP contribution in [0.15, 0.2) is 83.9 Å². The molecule has 0 saturated heterocycles. The van der Waals surface area contributed by atoms with Gasteiger partial charge in [-0.1, -0.05) is 85.3 Å². The van der Waals surface area contributed by atoms with Crippen LogP contribution in [0.2, 0.25) is 0 Å². The summed E-state index contributed by atoms with van der Waals surface area (Å²) in [5, 5.41) is 0. The summed E-state index contributed by atoms with van der Waals surface area (Å²) in [6.45, 7) is 4.36. The zero-order chi connectivity index (χ0) is 19.5. The van der Waals surface area contributed by atoms with Gasteiger partial charge in [-0.3, -0.25) is 4.79 Å². The highest BCUT2D eigenvalue weighted by Gasteiger charge is 2.32. The Morgan fingerprint density at radius 1 is 0.964 bits per heavy atom. The van der Waals surface area contributed by atoms with Crippen LogP contribution < -0.4 is 0 Å². The lowest BCUT2D eigenvalue weighted by molar-refractivity contribution is -0.119. The van der Waals surface area contributed by atoms with Gasteiger partial charge < -0.3 is 4.90 Å². The number of Topliss-reactive ketones (excluding diaryl/α,β-unsaturated/α-hetero) is 1. The third-order valence-electron chi connectivity index (χ3n) is 5.18. The topological polar surface area (TPSA) is 32.7 Å². The Morgan fingerprint density at radius 2 is 1.64 bits per heavy atom. The lowest BCUT2D eigenvalue weighted by Gasteiger charge is -2.38. The Balaban J connectivity index is 1.94. The molecular formula is C25H24N2O. The minimum Gasteiger partial charge on any atom is -0.338 e. The van der Waals surface area contributed by atoms with Gasteiger partial charge in [0.25, 0.3) is 0 Å². The van der Waals surface area contributed by atoms with E-state index in [0.29, 0.717) is 13.0 Å². The van der Waals surface area contributed by atoms with Crippen LogP contribution in [-0.2, 0) is 4.79 Å². The molecule has 140 valence electrons. The van der Waals surface area contributed by atoms with E-state index < -0.39 is 0 Å². The fourth-order valence-corrected chi connectivity index (χ4v) is 3.74. The lowest BCUT2D eigenvalue weighted by atomic mass is 9.91. The van der Waals surface area contributed by atoms with E-state index in [2.05, 4.69) is 66.4 Å². The number of carbonyl (C=O) groups excluding carboxylic acids is 1. The summed E-state index contributed by atoms with van der Waals surface area (Å²) in [4.78, 5) is 19.7. The van der Waals surface area contributed by atoms with Crippen LogP contribution in [-0.4, -0.2) is 23.1 Å². The van der Waals surface area contributed by atoms with Crippen LogP contribution in [0.3, 0.4) is 0 Å². The first-order valence-corrected chi connectivity index (χ1v) is 9.75. The molecule has 0 radical (unpaired) electrons. The average Bonchev–Trinajstić information content (AvgIpc) is 2.74. The average molecular weight is 368 g/mol.